The molecule has 0 aromatic heterocycles. The number of halogens is 1. The van der Waals surface area contributed by atoms with E-state index in [1.807, 2.05) is 0 Å². The van der Waals surface area contributed by atoms with E-state index in [9.17, 15) is 14.0 Å². The molecule has 0 radical (unpaired) electrons. The third kappa shape index (κ3) is 2.80. The summed E-state index contributed by atoms with van der Waals surface area (Å²) >= 11 is 0. The Hall–Kier alpha value is -1.95. The Labute approximate surface area is 115 Å². The number of nitrogens with two attached hydrogens (primary N) is 1. The number of aliphatic carboxylic acids is 1. The molecule has 0 heterocycles. The lowest BCUT2D eigenvalue weighted by molar-refractivity contribution is -0.138. The standard InChI is InChI=1S/C14H16FNO4/c1-20-13-6-8-5-12(17)10(15)3-7(8)2-9(13)4-11(16)14(18)19/h2,6,10-11H,3-5,16H2,1H3,(H,18,19). The van der Waals surface area contributed by atoms with Gasteiger partial charge in [-0.2, -0.15) is 0 Å². The first-order valence-electron chi connectivity index (χ1n) is 6.26. The first-order chi connectivity index (χ1) is 9.42. The number of benzene rings is 1. The van der Waals surface area contributed by atoms with E-state index in [0.717, 1.165) is 5.56 Å². The van der Waals surface area contributed by atoms with Crippen molar-refractivity contribution in [2.24, 2.45) is 5.73 Å². The summed E-state index contributed by atoms with van der Waals surface area (Å²) in [6.07, 6.45) is -1.33. The molecule has 0 aliphatic heterocycles. The van der Waals surface area contributed by atoms with Crippen molar-refractivity contribution in [3.8, 4) is 5.75 Å². The van der Waals surface area contributed by atoms with E-state index < -0.39 is 24.0 Å². The smallest absolute Gasteiger partial charge is 0.320 e. The zero-order chi connectivity index (χ0) is 14.9. The molecule has 1 aromatic carbocycles. The molecule has 5 nitrogen and oxygen atoms in total. The molecule has 1 aromatic rings. The second kappa shape index (κ2) is 5.58. The van der Waals surface area contributed by atoms with E-state index in [-0.39, 0.29) is 19.3 Å². The number of carbonyl (C=O) groups excluding carboxylic acids is 1. The second-order valence-corrected chi connectivity index (χ2v) is 4.90. The van der Waals surface area contributed by atoms with Crippen LogP contribution in [0.2, 0.25) is 0 Å². The predicted octanol–water partition coefficient (Wildman–Crippen LogP) is 0.655. The largest absolute Gasteiger partial charge is 0.496 e. The summed E-state index contributed by atoms with van der Waals surface area (Å²) in [5.41, 5.74) is 7.57. The number of alkyl halides is 1. The summed E-state index contributed by atoms with van der Waals surface area (Å²) in [4.78, 5) is 22.2. The lowest BCUT2D eigenvalue weighted by atomic mass is 9.87. The van der Waals surface area contributed by atoms with Crippen LogP contribution in [0.1, 0.15) is 16.7 Å². The predicted molar refractivity (Wildman–Crippen MR) is 69.6 cm³/mol. The Morgan fingerprint density at radius 1 is 1.55 bits per heavy atom. The number of ketones is 1. The molecule has 20 heavy (non-hydrogen) atoms. The van der Waals surface area contributed by atoms with Crippen molar-refractivity contribution in [3.05, 3.63) is 28.8 Å². The fourth-order valence-corrected chi connectivity index (χ4v) is 2.35. The number of carboxylic acids is 1. The van der Waals surface area contributed by atoms with Gasteiger partial charge in [0.15, 0.2) is 12.0 Å². The van der Waals surface area contributed by atoms with Gasteiger partial charge in [-0.05, 0) is 22.8 Å². The lowest BCUT2D eigenvalue weighted by Crippen LogP contribution is -2.32. The molecule has 2 unspecified atom stereocenters. The van der Waals surface area contributed by atoms with Gasteiger partial charge in [-0.15, -0.1) is 0 Å². The molecular weight excluding hydrogens is 265 g/mol. The molecule has 108 valence electrons. The maximum Gasteiger partial charge on any atom is 0.320 e. The summed E-state index contributed by atoms with van der Waals surface area (Å²) in [6, 6.07) is 2.31. The van der Waals surface area contributed by atoms with Gasteiger partial charge < -0.3 is 15.6 Å². The molecule has 2 atom stereocenters. The number of hydrogen-bond acceptors (Lipinski definition) is 4. The quantitative estimate of drug-likeness (QED) is 0.846. The molecule has 6 heteroatoms. The van der Waals surface area contributed by atoms with Crippen LogP contribution in [0.3, 0.4) is 0 Å². The number of methoxy groups -OCH3 is 1. The van der Waals surface area contributed by atoms with Crippen LogP contribution in [0.5, 0.6) is 5.75 Å². The molecule has 1 aliphatic rings. The second-order valence-electron chi connectivity index (χ2n) is 4.90. The van der Waals surface area contributed by atoms with Crippen molar-refractivity contribution in [1.82, 2.24) is 0 Å². The molecule has 0 fully saturated rings. The van der Waals surface area contributed by atoms with Crippen molar-refractivity contribution in [2.75, 3.05) is 7.11 Å². The third-order valence-corrected chi connectivity index (χ3v) is 3.47. The highest BCUT2D eigenvalue weighted by molar-refractivity contribution is 5.87. The number of rotatable bonds is 4. The number of hydrogen-bond donors (Lipinski definition) is 2. The minimum atomic E-state index is -1.49. The molecule has 0 saturated carbocycles. The Morgan fingerprint density at radius 3 is 2.85 bits per heavy atom. The van der Waals surface area contributed by atoms with Crippen LogP contribution in [0.4, 0.5) is 4.39 Å². The van der Waals surface area contributed by atoms with Crippen molar-refractivity contribution in [1.29, 1.82) is 0 Å². The van der Waals surface area contributed by atoms with Crippen molar-refractivity contribution >= 4 is 11.8 Å². The van der Waals surface area contributed by atoms with Gasteiger partial charge >= 0.3 is 5.97 Å². The van der Waals surface area contributed by atoms with E-state index in [1.54, 1.807) is 12.1 Å². The van der Waals surface area contributed by atoms with Gasteiger partial charge in [-0.3, -0.25) is 9.59 Å². The van der Waals surface area contributed by atoms with E-state index in [4.69, 9.17) is 15.6 Å². The van der Waals surface area contributed by atoms with Crippen molar-refractivity contribution in [2.45, 2.75) is 31.5 Å². The number of carboxylic acid groups (broad SMARTS) is 1. The highest BCUT2D eigenvalue weighted by atomic mass is 19.1. The first-order valence-corrected chi connectivity index (χ1v) is 6.26. The van der Waals surface area contributed by atoms with Crippen LogP contribution < -0.4 is 10.5 Å². The molecule has 3 N–H and O–H groups in total. The molecule has 0 saturated heterocycles. The van der Waals surface area contributed by atoms with Crippen LogP contribution in [0.25, 0.3) is 0 Å². The van der Waals surface area contributed by atoms with Crippen molar-refractivity contribution < 1.29 is 23.8 Å². The Balaban J connectivity index is 2.36. The van der Waals surface area contributed by atoms with Crippen molar-refractivity contribution in [3.63, 3.8) is 0 Å². The summed E-state index contributed by atoms with van der Waals surface area (Å²) in [7, 11) is 1.46. The van der Waals surface area contributed by atoms with Gasteiger partial charge in [0.25, 0.3) is 0 Å². The van der Waals surface area contributed by atoms with Crippen LogP contribution in [-0.4, -0.2) is 36.2 Å². The average Bonchev–Trinajstić information content (AvgIpc) is 2.39. The van der Waals surface area contributed by atoms with Crippen LogP contribution in [0, 0.1) is 0 Å². The monoisotopic (exact) mass is 281 g/mol. The number of ether oxygens (including phenoxy) is 1. The van der Waals surface area contributed by atoms with Crippen LogP contribution in [0.15, 0.2) is 12.1 Å². The molecule has 1 aliphatic carbocycles. The first kappa shape index (κ1) is 14.5. The SMILES string of the molecule is COc1cc2c(cc1CC(N)C(=O)O)CC(F)C(=O)C2. The maximum atomic E-state index is 13.5. The normalized spacial score (nSPS) is 19.4. The summed E-state index contributed by atoms with van der Waals surface area (Å²) in [6.45, 7) is 0. The molecule has 0 bridgehead atoms. The van der Waals surface area contributed by atoms with Crippen LogP contribution >= 0.6 is 0 Å². The Bertz CT molecular complexity index is 558. The average molecular weight is 281 g/mol. The molecular formula is C14H16FNO4. The summed E-state index contributed by atoms with van der Waals surface area (Å²) in [5.74, 6) is -1.07. The fourth-order valence-electron chi connectivity index (χ4n) is 2.35. The van der Waals surface area contributed by atoms with Crippen LogP contribution in [-0.2, 0) is 28.9 Å². The topological polar surface area (TPSA) is 89.6 Å². The minimum absolute atomic E-state index is 0.0213. The highest BCUT2D eigenvalue weighted by Crippen LogP contribution is 2.29. The van der Waals surface area contributed by atoms with Gasteiger partial charge in [-0.25, -0.2) is 4.39 Å². The lowest BCUT2D eigenvalue weighted by Gasteiger charge is -2.21. The van der Waals surface area contributed by atoms with E-state index in [1.165, 1.54) is 7.11 Å². The van der Waals surface area contributed by atoms with Gasteiger partial charge in [0.2, 0.25) is 0 Å². The van der Waals surface area contributed by atoms with Gasteiger partial charge in [-0.1, -0.05) is 6.07 Å². The highest BCUT2D eigenvalue weighted by Gasteiger charge is 2.27. The van der Waals surface area contributed by atoms with Gasteiger partial charge in [0, 0.05) is 19.3 Å². The van der Waals surface area contributed by atoms with E-state index in [2.05, 4.69) is 0 Å². The number of carbonyl (C=O) groups is 2. The Morgan fingerprint density at radius 2 is 2.25 bits per heavy atom. The fraction of sp³-hybridized carbons (Fsp3) is 0.429. The zero-order valence-corrected chi connectivity index (χ0v) is 11.1. The maximum absolute atomic E-state index is 13.5. The van der Waals surface area contributed by atoms with Gasteiger partial charge in [0.05, 0.1) is 7.11 Å². The number of Topliss-reactive ketones (excluding diaryl/α,β-unsaturated/α-hetero) is 1. The molecule has 0 spiro atoms. The zero-order valence-electron chi connectivity index (χ0n) is 11.1. The minimum Gasteiger partial charge on any atom is -0.496 e. The van der Waals surface area contributed by atoms with Gasteiger partial charge in [0.1, 0.15) is 11.8 Å². The Kier molecular flexibility index (Phi) is 4.04. The summed E-state index contributed by atoms with van der Waals surface area (Å²) < 4.78 is 18.7. The molecule has 2 rings (SSSR count). The molecule has 0 amide bonds. The number of fused-ring (bicyclic) bond motifs is 1. The summed E-state index contributed by atoms with van der Waals surface area (Å²) in [5, 5.41) is 8.85. The third-order valence-electron chi connectivity index (χ3n) is 3.47. The van der Waals surface area contributed by atoms with E-state index in [0.29, 0.717) is 16.9 Å². The van der Waals surface area contributed by atoms with E-state index >= 15 is 0 Å².